The van der Waals surface area contributed by atoms with Gasteiger partial charge in [0.05, 0.1) is 0 Å². The van der Waals surface area contributed by atoms with Gasteiger partial charge in [-0.1, -0.05) is 6.92 Å². The first kappa shape index (κ1) is 10.9. The Morgan fingerprint density at radius 3 is 2.64 bits per heavy atom. The van der Waals surface area contributed by atoms with Crippen molar-refractivity contribution >= 4 is 11.9 Å². The van der Waals surface area contributed by atoms with Crippen LogP contribution in [0.1, 0.15) is 20.3 Å². The number of nitrogens with zero attached hydrogens (tertiary/aromatic N) is 1. The molecular weight excluding hydrogens is 188 g/mol. The highest BCUT2D eigenvalue weighted by Crippen LogP contribution is 2.19. The van der Waals surface area contributed by atoms with Crippen LogP contribution >= 0.6 is 0 Å². The summed E-state index contributed by atoms with van der Waals surface area (Å²) in [6.07, 6.45) is -0.849. The highest BCUT2D eigenvalue weighted by Gasteiger charge is 2.48. The topological polar surface area (TPSA) is 89.9 Å². The van der Waals surface area contributed by atoms with Gasteiger partial charge in [0.25, 0.3) is 5.91 Å². The molecule has 3 amide bonds. The highest BCUT2D eigenvalue weighted by molar-refractivity contribution is 6.01. The van der Waals surface area contributed by atoms with Crippen LogP contribution in [0.5, 0.6) is 0 Å². The number of carbonyl (C=O) groups excluding carboxylic acids is 2. The van der Waals surface area contributed by atoms with E-state index in [1.54, 1.807) is 0 Å². The van der Waals surface area contributed by atoms with Crippen LogP contribution in [-0.4, -0.2) is 45.4 Å². The number of aliphatic hydroxyl groups excluding tert-OH is 1. The molecule has 1 saturated heterocycles. The summed E-state index contributed by atoms with van der Waals surface area (Å²) in [6, 6.07) is -0.670. The third-order valence-electron chi connectivity index (χ3n) is 2.20. The van der Waals surface area contributed by atoms with Gasteiger partial charge < -0.3 is 10.2 Å². The van der Waals surface area contributed by atoms with Crippen molar-refractivity contribution in [1.82, 2.24) is 10.2 Å². The molecule has 0 aromatic rings. The van der Waals surface area contributed by atoms with E-state index in [4.69, 9.17) is 0 Å². The quantitative estimate of drug-likeness (QED) is 0.536. The predicted octanol–water partition coefficient (Wildman–Crippen LogP) is -0.982. The minimum atomic E-state index is -1.94. The number of carbonyl (C=O) groups is 2. The molecule has 3 N–H and O–H groups in total. The Hall–Kier alpha value is -1.14. The Balaban J connectivity index is 2.88. The van der Waals surface area contributed by atoms with Gasteiger partial charge in [-0.2, -0.15) is 0 Å². The summed E-state index contributed by atoms with van der Waals surface area (Å²) in [5.74, 6) is -0.873. The molecule has 80 valence electrons. The third kappa shape index (κ3) is 1.58. The van der Waals surface area contributed by atoms with Crippen molar-refractivity contribution in [2.75, 3.05) is 6.54 Å². The molecule has 1 aliphatic heterocycles. The summed E-state index contributed by atoms with van der Waals surface area (Å²) >= 11 is 0. The van der Waals surface area contributed by atoms with Crippen LogP contribution in [0.15, 0.2) is 0 Å². The summed E-state index contributed by atoms with van der Waals surface area (Å²) in [5.41, 5.74) is -1.94. The molecule has 0 saturated carbocycles. The summed E-state index contributed by atoms with van der Waals surface area (Å²) < 4.78 is 0. The molecule has 0 radical (unpaired) electrons. The van der Waals surface area contributed by atoms with Gasteiger partial charge >= 0.3 is 6.03 Å². The molecule has 0 aromatic carbocycles. The van der Waals surface area contributed by atoms with Gasteiger partial charge in [-0.05, 0) is 13.3 Å². The van der Waals surface area contributed by atoms with E-state index < -0.39 is 23.8 Å². The second-order valence-electron chi connectivity index (χ2n) is 3.47. The fourth-order valence-electron chi connectivity index (χ4n) is 1.29. The third-order valence-corrected chi connectivity index (χ3v) is 2.20. The maximum Gasteiger partial charge on any atom is 0.326 e. The van der Waals surface area contributed by atoms with Gasteiger partial charge in [-0.25, -0.2) is 4.79 Å². The lowest BCUT2D eigenvalue weighted by Crippen LogP contribution is -2.68. The van der Waals surface area contributed by atoms with E-state index in [1.165, 1.54) is 6.92 Å². The van der Waals surface area contributed by atoms with Gasteiger partial charge in [0.15, 0.2) is 11.8 Å². The van der Waals surface area contributed by atoms with Gasteiger partial charge in [-0.3, -0.25) is 15.0 Å². The SMILES string of the molecule is CCCN1C(=O)NC(=O)C(C)(O)C1O. The van der Waals surface area contributed by atoms with E-state index >= 15 is 0 Å². The van der Waals surface area contributed by atoms with Crippen LogP contribution in [0, 0.1) is 0 Å². The first-order valence-electron chi connectivity index (χ1n) is 4.43. The monoisotopic (exact) mass is 202 g/mol. The molecule has 2 unspecified atom stereocenters. The number of urea groups is 1. The molecule has 1 aliphatic rings. The lowest BCUT2D eigenvalue weighted by Gasteiger charge is -2.40. The number of rotatable bonds is 2. The van der Waals surface area contributed by atoms with Crippen molar-refractivity contribution in [3.05, 3.63) is 0 Å². The zero-order valence-corrected chi connectivity index (χ0v) is 8.15. The number of aliphatic hydroxyl groups is 2. The number of amides is 3. The first-order chi connectivity index (χ1) is 6.41. The van der Waals surface area contributed by atoms with Crippen LogP contribution in [0.25, 0.3) is 0 Å². The van der Waals surface area contributed by atoms with Gasteiger partial charge in [0.1, 0.15) is 0 Å². The largest absolute Gasteiger partial charge is 0.376 e. The van der Waals surface area contributed by atoms with Gasteiger partial charge in [0.2, 0.25) is 0 Å². The average molecular weight is 202 g/mol. The smallest absolute Gasteiger partial charge is 0.326 e. The van der Waals surface area contributed by atoms with Gasteiger partial charge in [-0.15, -0.1) is 0 Å². The zero-order valence-electron chi connectivity index (χ0n) is 8.15. The molecule has 1 fully saturated rings. The van der Waals surface area contributed by atoms with Crippen LogP contribution in [0.3, 0.4) is 0 Å². The Morgan fingerprint density at radius 2 is 2.14 bits per heavy atom. The van der Waals surface area contributed by atoms with E-state index in [-0.39, 0.29) is 6.54 Å². The molecule has 14 heavy (non-hydrogen) atoms. The fourth-order valence-corrected chi connectivity index (χ4v) is 1.29. The summed E-state index contributed by atoms with van der Waals surface area (Å²) in [4.78, 5) is 23.4. The number of hydrogen-bond donors (Lipinski definition) is 3. The van der Waals surface area contributed by atoms with Crippen LogP contribution in [0.4, 0.5) is 4.79 Å². The van der Waals surface area contributed by atoms with E-state index in [0.29, 0.717) is 6.42 Å². The molecule has 1 heterocycles. The van der Waals surface area contributed by atoms with Crippen molar-refractivity contribution in [1.29, 1.82) is 0 Å². The molecule has 6 heteroatoms. The number of hydrogen-bond acceptors (Lipinski definition) is 4. The second-order valence-corrected chi connectivity index (χ2v) is 3.47. The minimum absolute atomic E-state index is 0.288. The predicted molar refractivity (Wildman–Crippen MR) is 47.2 cm³/mol. The Bertz CT molecular complexity index is 264. The van der Waals surface area contributed by atoms with Crippen LogP contribution in [0.2, 0.25) is 0 Å². The molecular formula is C8H14N2O4. The molecule has 0 aliphatic carbocycles. The van der Waals surface area contributed by atoms with Crippen molar-refractivity contribution in [3.63, 3.8) is 0 Å². The van der Waals surface area contributed by atoms with Crippen LogP contribution < -0.4 is 5.32 Å². The maximum atomic E-state index is 11.2. The molecule has 2 atom stereocenters. The summed E-state index contributed by atoms with van der Waals surface area (Å²) in [6.45, 7) is 3.28. The minimum Gasteiger partial charge on any atom is -0.376 e. The number of imide groups is 1. The lowest BCUT2D eigenvalue weighted by atomic mass is 10.0. The van der Waals surface area contributed by atoms with Gasteiger partial charge in [0, 0.05) is 6.54 Å². The summed E-state index contributed by atoms with van der Waals surface area (Å²) in [5, 5.41) is 21.1. The Kier molecular flexibility index (Phi) is 2.77. The van der Waals surface area contributed by atoms with Crippen molar-refractivity contribution in [2.45, 2.75) is 32.1 Å². The van der Waals surface area contributed by atoms with E-state index in [1.807, 2.05) is 12.2 Å². The Morgan fingerprint density at radius 1 is 1.57 bits per heavy atom. The first-order valence-corrected chi connectivity index (χ1v) is 4.43. The number of nitrogens with one attached hydrogen (secondary N) is 1. The lowest BCUT2D eigenvalue weighted by molar-refractivity contribution is -0.170. The van der Waals surface area contributed by atoms with Crippen molar-refractivity contribution in [2.24, 2.45) is 0 Å². The fraction of sp³-hybridized carbons (Fsp3) is 0.750. The van der Waals surface area contributed by atoms with Crippen molar-refractivity contribution in [3.8, 4) is 0 Å². The van der Waals surface area contributed by atoms with E-state index in [9.17, 15) is 19.8 Å². The molecule has 0 spiro atoms. The van der Waals surface area contributed by atoms with Crippen LogP contribution in [-0.2, 0) is 4.79 Å². The Labute approximate surface area is 81.5 Å². The molecule has 0 bridgehead atoms. The average Bonchev–Trinajstić information content (AvgIpc) is 2.10. The molecule has 1 rings (SSSR count). The summed E-state index contributed by atoms with van der Waals surface area (Å²) in [7, 11) is 0. The molecule has 6 nitrogen and oxygen atoms in total. The normalized spacial score (nSPS) is 33.1. The maximum absolute atomic E-state index is 11.2. The van der Waals surface area contributed by atoms with E-state index in [0.717, 1.165) is 4.90 Å². The zero-order chi connectivity index (χ0) is 10.9. The van der Waals surface area contributed by atoms with Crippen molar-refractivity contribution < 1.29 is 19.8 Å². The standard InChI is InChI=1S/C8H14N2O4/c1-3-4-10-6(12)8(2,14)5(11)9-7(10)13/h6,12,14H,3-4H2,1-2H3,(H,9,11,13). The van der Waals surface area contributed by atoms with E-state index in [2.05, 4.69) is 0 Å². The molecule has 0 aromatic heterocycles. The second kappa shape index (κ2) is 3.55. The highest BCUT2D eigenvalue weighted by atomic mass is 16.4.